The molecular formula is C11H20N2O. The first kappa shape index (κ1) is 11.3. The molecule has 0 atom stereocenters. The Balaban J connectivity index is 2.81. The summed E-state index contributed by atoms with van der Waals surface area (Å²) in [4.78, 5) is 0. The summed E-state index contributed by atoms with van der Waals surface area (Å²) in [6, 6.07) is 2.24. The van der Waals surface area contributed by atoms with Gasteiger partial charge in [0, 0.05) is 31.6 Å². The fraction of sp³-hybridized carbons (Fsp3) is 0.636. The van der Waals surface area contributed by atoms with Gasteiger partial charge in [0.25, 0.3) is 0 Å². The zero-order valence-corrected chi connectivity index (χ0v) is 9.55. The summed E-state index contributed by atoms with van der Waals surface area (Å²) in [5, 5.41) is 3.18. The zero-order chi connectivity index (χ0) is 10.6. The second kappa shape index (κ2) is 5.17. The van der Waals surface area contributed by atoms with Crippen molar-refractivity contribution in [3.8, 4) is 0 Å². The SMILES string of the molecule is CNCc1cc(C)n(CCOC)c1C. The Bertz CT molecular complexity index is 292. The largest absolute Gasteiger partial charge is 0.383 e. The summed E-state index contributed by atoms with van der Waals surface area (Å²) >= 11 is 0. The summed E-state index contributed by atoms with van der Waals surface area (Å²) in [7, 11) is 3.71. The molecule has 1 aromatic rings. The van der Waals surface area contributed by atoms with Gasteiger partial charge in [0.2, 0.25) is 0 Å². The van der Waals surface area contributed by atoms with Crippen molar-refractivity contribution in [2.75, 3.05) is 20.8 Å². The average molecular weight is 196 g/mol. The highest BCUT2D eigenvalue weighted by Crippen LogP contribution is 2.14. The van der Waals surface area contributed by atoms with E-state index in [0.717, 1.165) is 19.7 Å². The van der Waals surface area contributed by atoms with Crippen LogP contribution < -0.4 is 5.32 Å². The van der Waals surface area contributed by atoms with Gasteiger partial charge in [0.15, 0.2) is 0 Å². The summed E-state index contributed by atoms with van der Waals surface area (Å²) in [6.07, 6.45) is 0. The van der Waals surface area contributed by atoms with Crippen molar-refractivity contribution in [3.63, 3.8) is 0 Å². The predicted molar refractivity (Wildman–Crippen MR) is 58.5 cm³/mol. The van der Waals surface area contributed by atoms with Gasteiger partial charge in [0.05, 0.1) is 6.61 Å². The third-order valence-electron chi connectivity index (χ3n) is 2.56. The highest BCUT2D eigenvalue weighted by molar-refractivity contribution is 5.26. The first-order valence-electron chi connectivity index (χ1n) is 4.99. The van der Waals surface area contributed by atoms with Crippen molar-refractivity contribution in [1.29, 1.82) is 0 Å². The average Bonchev–Trinajstić information content (AvgIpc) is 2.41. The fourth-order valence-corrected chi connectivity index (χ4v) is 1.77. The topological polar surface area (TPSA) is 26.2 Å². The van der Waals surface area contributed by atoms with Crippen molar-refractivity contribution in [3.05, 3.63) is 23.0 Å². The molecule has 0 radical (unpaired) electrons. The third kappa shape index (κ3) is 2.36. The van der Waals surface area contributed by atoms with Crippen LogP contribution in [0.4, 0.5) is 0 Å². The van der Waals surface area contributed by atoms with Crippen molar-refractivity contribution < 1.29 is 4.74 Å². The van der Waals surface area contributed by atoms with Crippen LogP contribution in [0.1, 0.15) is 17.0 Å². The fourth-order valence-electron chi connectivity index (χ4n) is 1.77. The Morgan fingerprint density at radius 2 is 2.14 bits per heavy atom. The standard InChI is InChI=1S/C11H20N2O/c1-9-7-11(8-12-3)10(2)13(9)5-6-14-4/h7,12H,5-6,8H2,1-4H3. The lowest BCUT2D eigenvalue weighted by atomic mass is 10.2. The molecular weight excluding hydrogens is 176 g/mol. The van der Waals surface area contributed by atoms with E-state index in [2.05, 4.69) is 29.8 Å². The molecule has 0 aliphatic carbocycles. The number of aryl methyl sites for hydroxylation is 1. The first-order chi connectivity index (χ1) is 6.70. The monoisotopic (exact) mass is 196 g/mol. The van der Waals surface area contributed by atoms with Crippen molar-refractivity contribution in [2.24, 2.45) is 0 Å². The van der Waals surface area contributed by atoms with Crippen LogP contribution in [0.5, 0.6) is 0 Å². The quantitative estimate of drug-likeness (QED) is 0.772. The molecule has 0 amide bonds. The van der Waals surface area contributed by atoms with Crippen LogP contribution in [0.15, 0.2) is 6.07 Å². The Hall–Kier alpha value is -0.800. The van der Waals surface area contributed by atoms with E-state index in [1.165, 1.54) is 17.0 Å². The number of methoxy groups -OCH3 is 1. The maximum Gasteiger partial charge on any atom is 0.0641 e. The number of ether oxygens (including phenoxy) is 1. The lowest BCUT2D eigenvalue weighted by Crippen LogP contribution is -2.09. The maximum atomic E-state index is 5.09. The molecule has 0 saturated carbocycles. The van der Waals surface area contributed by atoms with Gasteiger partial charge in [-0.2, -0.15) is 0 Å². The molecule has 1 aromatic heterocycles. The molecule has 0 bridgehead atoms. The molecule has 80 valence electrons. The van der Waals surface area contributed by atoms with Crippen LogP contribution >= 0.6 is 0 Å². The molecule has 0 spiro atoms. The second-order valence-electron chi connectivity index (χ2n) is 3.57. The van der Waals surface area contributed by atoms with Crippen LogP contribution in [0, 0.1) is 13.8 Å². The van der Waals surface area contributed by atoms with Crippen LogP contribution in [0.3, 0.4) is 0 Å². The molecule has 0 aliphatic rings. The summed E-state index contributed by atoms with van der Waals surface area (Å²) in [5.74, 6) is 0. The van der Waals surface area contributed by atoms with Crippen LogP contribution in [0.25, 0.3) is 0 Å². The van der Waals surface area contributed by atoms with Gasteiger partial charge in [-0.1, -0.05) is 0 Å². The van der Waals surface area contributed by atoms with E-state index in [1.54, 1.807) is 7.11 Å². The molecule has 0 aliphatic heterocycles. The Kier molecular flexibility index (Phi) is 4.17. The minimum atomic E-state index is 0.773. The molecule has 1 N–H and O–H groups in total. The van der Waals surface area contributed by atoms with Gasteiger partial charge in [-0.05, 0) is 32.5 Å². The molecule has 0 aromatic carbocycles. The number of nitrogens with one attached hydrogen (secondary N) is 1. The molecule has 1 rings (SSSR count). The molecule has 3 heteroatoms. The Labute approximate surface area is 86.1 Å². The van der Waals surface area contributed by atoms with Gasteiger partial charge in [-0.25, -0.2) is 0 Å². The van der Waals surface area contributed by atoms with E-state index in [1.807, 2.05) is 7.05 Å². The van der Waals surface area contributed by atoms with Gasteiger partial charge < -0.3 is 14.6 Å². The zero-order valence-electron chi connectivity index (χ0n) is 9.55. The molecule has 14 heavy (non-hydrogen) atoms. The van der Waals surface area contributed by atoms with E-state index < -0.39 is 0 Å². The van der Waals surface area contributed by atoms with Gasteiger partial charge >= 0.3 is 0 Å². The second-order valence-corrected chi connectivity index (χ2v) is 3.57. The Morgan fingerprint density at radius 1 is 1.43 bits per heavy atom. The first-order valence-corrected chi connectivity index (χ1v) is 4.99. The highest BCUT2D eigenvalue weighted by Gasteiger charge is 2.07. The number of nitrogens with zero attached hydrogens (tertiary/aromatic N) is 1. The van der Waals surface area contributed by atoms with E-state index in [-0.39, 0.29) is 0 Å². The summed E-state index contributed by atoms with van der Waals surface area (Å²) in [5.41, 5.74) is 4.03. The number of aromatic nitrogens is 1. The number of hydrogen-bond donors (Lipinski definition) is 1. The highest BCUT2D eigenvalue weighted by atomic mass is 16.5. The smallest absolute Gasteiger partial charge is 0.0641 e. The number of rotatable bonds is 5. The van der Waals surface area contributed by atoms with Crippen molar-refractivity contribution in [2.45, 2.75) is 26.9 Å². The van der Waals surface area contributed by atoms with Gasteiger partial charge in [0.1, 0.15) is 0 Å². The molecule has 3 nitrogen and oxygen atoms in total. The summed E-state index contributed by atoms with van der Waals surface area (Å²) < 4.78 is 7.39. The van der Waals surface area contributed by atoms with E-state index in [4.69, 9.17) is 4.74 Å². The van der Waals surface area contributed by atoms with Gasteiger partial charge in [-0.3, -0.25) is 0 Å². The summed E-state index contributed by atoms with van der Waals surface area (Å²) in [6.45, 7) is 6.96. The molecule has 0 unspecified atom stereocenters. The molecule has 1 heterocycles. The maximum absolute atomic E-state index is 5.09. The minimum Gasteiger partial charge on any atom is -0.383 e. The minimum absolute atomic E-state index is 0.773. The molecule has 0 saturated heterocycles. The third-order valence-corrected chi connectivity index (χ3v) is 2.56. The van der Waals surface area contributed by atoms with Crippen molar-refractivity contribution in [1.82, 2.24) is 9.88 Å². The van der Waals surface area contributed by atoms with E-state index >= 15 is 0 Å². The Morgan fingerprint density at radius 3 is 2.71 bits per heavy atom. The molecule has 0 fully saturated rings. The normalized spacial score (nSPS) is 10.9. The van der Waals surface area contributed by atoms with Crippen LogP contribution in [-0.2, 0) is 17.8 Å². The van der Waals surface area contributed by atoms with E-state index in [9.17, 15) is 0 Å². The van der Waals surface area contributed by atoms with Crippen LogP contribution in [-0.4, -0.2) is 25.3 Å². The lowest BCUT2D eigenvalue weighted by Gasteiger charge is -2.08. The van der Waals surface area contributed by atoms with E-state index in [0.29, 0.717) is 0 Å². The lowest BCUT2D eigenvalue weighted by molar-refractivity contribution is 0.186. The van der Waals surface area contributed by atoms with Crippen molar-refractivity contribution >= 4 is 0 Å². The van der Waals surface area contributed by atoms with Gasteiger partial charge in [-0.15, -0.1) is 0 Å². The number of hydrogen-bond acceptors (Lipinski definition) is 2. The van der Waals surface area contributed by atoms with Crippen LogP contribution in [0.2, 0.25) is 0 Å². The predicted octanol–water partition coefficient (Wildman–Crippen LogP) is 1.47.